The van der Waals surface area contributed by atoms with Gasteiger partial charge < -0.3 is 4.90 Å². The van der Waals surface area contributed by atoms with E-state index in [4.69, 9.17) is 0 Å². The van der Waals surface area contributed by atoms with Crippen molar-refractivity contribution in [1.29, 1.82) is 5.26 Å². The van der Waals surface area contributed by atoms with Crippen LogP contribution in [0.2, 0.25) is 0 Å². The van der Waals surface area contributed by atoms with Crippen molar-refractivity contribution in [3.8, 4) is 6.07 Å². The number of nitriles is 1. The molecule has 90 valence electrons. The molecule has 17 heavy (non-hydrogen) atoms. The Kier molecular flexibility index (Phi) is 3.73. The predicted molar refractivity (Wildman–Crippen MR) is 74.0 cm³/mol. The minimum absolute atomic E-state index is 0.703. The molecule has 1 aromatic rings. The Morgan fingerprint density at radius 1 is 1.29 bits per heavy atom. The summed E-state index contributed by atoms with van der Waals surface area (Å²) in [4.78, 5) is 2.35. The monoisotopic (exact) mass is 292 g/mol. The molecule has 0 aliphatic carbocycles. The fraction of sp³-hybridized carbons (Fsp3) is 0.500. The highest BCUT2D eigenvalue weighted by Gasteiger charge is 2.23. The van der Waals surface area contributed by atoms with E-state index in [1.54, 1.807) is 0 Å². The van der Waals surface area contributed by atoms with E-state index < -0.39 is 0 Å². The molecule has 0 radical (unpaired) electrons. The Balaban J connectivity index is 2.30. The Morgan fingerprint density at radius 3 is 2.53 bits per heavy atom. The molecular weight excluding hydrogens is 276 g/mol. The molecule has 2 rings (SSSR count). The average Bonchev–Trinajstić information content (AvgIpc) is 2.27. The largest absolute Gasteiger partial charge is 0.370 e. The maximum absolute atomic E-state index is 9.21. The molecule has 0 spiro atoms. The lowest BCUT2D eigenvalue weighted by atomic mass is 9.91. The summed E-state index contributed by atoms with van der Waals surface area (Å²) in [6.45, 7) is 6.68. The molecule has 2 unspecified atom stereocenters. The van der Waals surface area contributed by atoms with Crippen LogP contribution in [0.3, 0.4) is 0 Å². The third-order valence-electron chi connectivity index (χ3n) is 3.29. The summed E-state index contributed by atoms with van der Waals surface area (Å²) in [7, 11) is 0. The smallest absolute Gasteiger partial charge is 0.101 e. The second-order valence-electron chi connectivity index (χ2n) is 5.12. The fourth-order valence-electron chi connectivity index (χ4n) is 2.73. The van der Waals surface area contributed by atoms with Crippen LogP contribution in [0.4, 0.5) is 5.69 Å². The first-order chi connectivity index (χ1) is 8.10. The summed E-state index contributed by atoms with van der Waals surface area (Å²) in [5, 5.41) is 9.21. The number of benzene rings is 1. The zero-order valence-corrected chi connectivity index (χ0v) is 11.9. The number of piperidine rings is 1. The number of hydrogen-bond acceptors (Lipinski definition) is 2. The van der Waals surface area contributed by atoms with Crippen LogP contribution >= 0.6 is 15.9 Å². The van der Waals surface area contributed by atoms with Gasteiger partial charge in [0.1, 0.15) is 6.07 Å². The van der Waals surface area contributed by atoms with Gasteiger partial charge in [-0.15, -0.1) is 0 Å². The Labute approximate surface area is 111 Å². The number of hydrogen-bond donors (Lipinski definition) is 0. The van der Waals surface area contributed by atoms with Gasteiger partial charge in [-0.2, -0.15) is 5.26 Å². The van der Waals surface area contributed by atoms with Crippen molar-refractivity contribution in [2.24, 2.45) is 11.8 Å². The number of rotatable bonds is 1. The summed E-state index contributed by atoms with van der Waals surface area (Å²) < 4.78 is 0.968. The van der Waals surface area contributed by atoms with Crippen molar-refractivity contribution in [3.63, 3.8) is 0 Å². The molecule has 1 saturated heterocycles. The predicted octanol–water partition coefficient (Wildman–Crippen LogP) is 3.80. The van der Waals surface area contributed by atoms with E-state index in [9.17, 15) is 5.26 Å². The Morgan fingerprint density at radius 2 is 1.94 bits per heavy atom. The van der Waals surface area contributed by atoms with E-state index in [0.717, 1.165) is 28.8 Å². The van der Waals surface area contributed by atoms with Crippen LogP contribution in [-0.2, 0) is 0 Å². The van der Waals surface area contributed by atoms with Crippen LogP contribution in [-0.4, -0.2) is 13.1 Å². The van der Waals surface area contributed by atoms with Crippen LogP contribution in [0.5, 0.6) is 0 Å². The molecule has 2 nitrogen and oxygen atoms in total. The summed E-state index contributed by atoms with van der Waals surface area (Å²) in [5.74, 6) is 1.41. The molecule has 0 amide bonds. The van der Waals surface area contributed by atoms with Crippen molar-refractivity contribution < 1.29 is 0 Å². The first-order valence-corrected chi connectivity index (χ1v) is 6.84. The van der Waals surface area contributed by atoms with Gasteiger partial charge in [-0.25, -0.2) is 0 Å². The van der Waals surface area contributed by atoms with Crippen LogP contribution in [0.15, 0.2) is 22.7 Å². The molecule has 3 heteroatoms. The third kappa shape index (κ3) is 2.81. The third-order valence-corrected chi connectivity index (χ3v) is 3.78. The quantitative estimate of drug-likeness (QED) is 0.787. The second kappa shape index (κ2) is 5.10. The molecule has 2 atom stereocenters. The molecule has 1 heterocycles. The van der Waals surface area contributed by atoms with E-state index in [2.05, 4.69) is 40.7 Å². The fourth-order valence-corrected chi connectivity index (χ4v) is 3.09. The first-order valence-electron chi connectivity index (χ1n) is 6.04. The second-order valence-corrected chi connectivity index (χ2v) is 6.04. The molecular formula is C14H17BrN2. The molecule has 0 aromatic heterocycles. The van der Waals surface area contributed by atoms with Crippen molar-refractivity contribution in [2.75, 3.05) is 18.0 Å². The van der Waals surface area contributed by atoms with Gasteiger partial charge in [-0.05, 0) is 36.5 Å². The van der Waals surface area contributed by atoms with E-state index in [1.807, 2.05) is 18.2 Å². The first kappa shape index (κ1) is 12.4. The molecule has 0 N–H and O–H groups in total. The minimum atomic E-state index is 0.703. The van der Waals surface area contributed by atoms with Crippen LogP contribution in [0, 0.1) is 23.2 Å². The normalized spacial score (nSPS) is 24.5. The maximum Gasteiger partial charge on any atom is 0.101 e. The van der Waals surface area contributed by atoms with Gasteiger partial charge in [0.15, 0.2) is 0 Å². The number of nitrogens with zero attached hydrogens (tertiary/aromatic N) is 2. The molecule has 0 bridgehead atoms. The van der Waals surface area contributed by atoms with Crippen molar-refractivity contribution in [2.45, 2.75) is 20.3 Å². The summed E-state index contributed by atoms with van der Waals surface area (Å²) in [6.07, 6.45) is 1.29. The number of anilines is 1. The van der Waals surface area contributed by atoms with Crippen molar-refractivity contribution in [3.05, 3.63) is 28.2 Å². The van der Waals surface area contributed by atoms with Crippen molar-refractivity contribution >= 4 is 21.6 Å². The van der Waals surface area contributed by atoms with Gasteiger partial charge in [0.2, 0.25) is 0 Å². The highest BCUT2D eigenvalue weighted by atomic mass is 79.9. The zero-order chi connectivity index (χ0) is 12.4. The summed E-state index contributed by atoms with van der Waals surface area (Å²) in [6, 6.07) is 8.26. The van der Waals surface area contributed by atoms with Gasteiger partial charge in [0.25, 0.3) is 0 Å². The SMILES string of the molecule is CC1CC(C)CN(c2ccc(Br)cc2C#N)C1. The van der Waals surface area contributed by atoms with E-state index in [1.165, 1.54) is 6.42 Å². The number of halogens is 1. The highest BCUT2D eigenvalue weighted by molar-refractivity contribution is 9.10. The lowest BCUT2D eigenvalue weighted by Gasteiger charge is -2.37. The summed E-state index contributed by atoms with van der Waals surface area (Å²) in [5.41, 5.74) is 1.84. The van der Waals surface area contributed by atoms with Gasteiger partial charge in [-0.1, -0.05) is 29.8 Å². The maximum atomic E-state index is 9.21. The van der Waals surface area contributed by atoms with E-state index in [0.29, 0.717) is 11.8 Å². The van der Waals surface area contributed by atoms with Crippen LogP contribution < -0.4 is 4.90 Å². The van der Waals surface area contributed by atoms with Gasteiger partial charge in [-0.3, -0.25) is 0 Å². The standard InChI is InChI=1S/C14H17BrN2/c1-10-5-11(2)9-17(8-10)14-4-3-13(15)6-12(14)7-16/h3-4,6,10-11H,5,8-9H2,1-2H3. The van der Waals surface area contributed by atoms with Gasteiger partial charge >= 0.3 is 0 Å². The minimum Gasteiger partial charge on any atom is -0.370 e. The average molecular weight is 293 g/mol. The highest BCUT2D eigenvalue weighted by Crippen LogP contribution is 2.30. The molecule has 1 aliphatic heterocycles. The molecule has 1 aliphatic rings. The van der Waals surface area contributed by atoms with E-state index >= 15 is 0 Å². The Hall–Kier alpha value is -1.01. The van der Waals surface area contributed by atoms with Gasteiger partial charge in [0.05, 0.1) is 11.3 Å². The van der Waals surface area contributed by atoms with Gasteiger partial charge in [0, 0.05) is 17.6 Å². The van der Waals surface area contributed by atoms with Crippen LogP contribution in [0.1, 0.15) is 25.8 Å². The Bertz CT molecular complexity index is 440. The lowest BCUT2D eigenvalue weighted by molar-refractivity contribution is 0.357. The van der Waals surface area contributed by atoms with Crippen LogP contribution in [0.25, 0.3) is 0 Å². The lowest BCUT2D eigenvalue weighted by Crippen LogP contribution is -2.39. The van der Waals surface area contributed by atoms with Crippen molar-refractivity contribution in [1.82, 2.24) is 0 Å². The van der Waals surface area contributed by atoms with E-state index in [-0.39, 0.29) is 0 Å². The molecule has 0 saturated carbocycles. The topological polar surface area (TPSA) is 27.0 Å². The summed E-state index contributed by atoms with van der Waals surface area (Å²) >= 11 is 3.42. The molecule has 1 fully saturated rings. The molecule has 1 aromatic carbocycles. The zero-order valence-electron chi connectivity index (χ0n) is 10.3.